The molecule has 0 saturated heterocycles. The molecule has 0 aliphatic rings. The van der Waals surface area contributed by atoms with Gasteiger partial charge in [-0.05, 0) is 55.7 Å². The first-order chi connectivity index (χ1) is 9.54. The van der Waals surface area contributed by atoms with E-state index in [4.69, 9.17) is 0 Å². The Bertz CT molecular complexity index is 536. The Kier molecular flexibility index (Phi) is 5.32. The van der Waals surface area contributed by atoms with Crippen LogP contribution in [0.3, 0.4) is 0 Å². The zero-order valence-electron chi connectivity index (χ0n) is 11.7. The number of benzene rings is 2. The summed E-state index contributed by atoms with van der Waals surface area (Å²) in [5.41, 5.74) is 2.41. The molecule has 106 valence electrons. The van der Waals surface area contributed by atoms with Crippen LogP contribution in [0.4, 0.5) is 4.39 Å². The second-order valence-electron chi connectivity index (χ2n) is 5.17. The largest absolute Gasteiger partial charge is 0.307 e. The first kappa shape index (κ1) is 15.2. The van der Waals surface area contributed by atoms with Crippen molar-refractivity contribution in [2.75, 3.05) is 0 Å². The minimum atomic E-state index is -0.183. The van der Waals surface area contributed by atoms with Gasteiger partial charge in [-0.15, -0.1) is 0 Å². The van der Waals surface area contributed by atoms with Crippen molar-refractivity contribution in [1.82, 2.24) is 5.32 Å². The van der Waals surface area contributed by atoms with Crippen molar-refractivity contribution in [2.45, 2.75) is 32.4 Å². The number of hydrogen-bond acceptors (Lipinski definition) is 1. The molecular formula is C17H19BrFN. The molecule has 0 bridgehead atoms. The predicted molar refractivity (Wildman–Crippen MR) is 85.3 cm³/mol. The fourth-order valence-corrected chi connectivity index (χ4v) is 2.57. The van der Waals surface area contributed by atoms with Crippen molar-refractivity contribution >= 4 is 15.9 Å². The third-order valence-corrected chi connectivity index (χ3v) is 3.89. The molecule has 1 nitrogen and oxygen atoms in total. The average molecular weight is 336 g/mol. The molecule has 0 spiro atoms. The number of halogens is 2. The van der Waals surface area contributed by atoms with Crippen LogP contribution >= 0.6 is 15.9 Å². The smallest absolute Gasteiger partial charge is 0.123 e. The summed E-state index contributed by atoms with van der Waals surface area (Å²) in [5, 5.41) is 3.57. The average Bonchev–Trinajstić information content (AvgIpc) is 2.42. The van der Waals surface area contributed by atoms with Crippen molar-refractivity contribution in [3.05, 3.63) is 69.9 Å². The Labute approximate surface area is 128 Å². The van der Waals surface area contributed by atoms with Gasteiger partial charge < -0.3 is 5.32 Å². The molecule has 0 aliphatic heterocycles. The summed E-state index contributed by atoms with van der Waals surface area (Å²) in [5.74, 6) is -0.183. The monoisotopic (exact) mass is 335 g/mol. The molecule has 1 unspecified atom stereocenters. The van der Waals surface area contributed by atoms with Gasteiger partial charge in [0.05, 0.1) is 0 Å². The Morgan fingerprint density at radius 2 is 1.60 bits per heavy atom. The third-order valence-electron chi connectivity index (χ3n) is 3.36. The van der Waals surface area contributed by atoms with Crippen molar-refractivity contribution in [3.63, 3.8) is 0 Å². The molecule has 2 rings (SSSR count). The lowest BCUT2D eigenvalue weighted by molar-refractivity contribution is 0.477. The molecule has 2 atom stereocenters. The summed E-state index contributed by atoms with van der Waals surface area (Å²) >= 11 is 3.44. The van der Waals surface area contributed by atoms with Crippen LogP contribution in [0.15, 0.2) is 53.0 Å². The lowest BCUT2D eigenvalue weighted by Gasteiger charge is -2.20. The maximum atomic E-state index is 12.9. The van der Waals surface area contributed by atoms with E-state index in [1.807, 2.05) is 12.1 Å². The Balaban J connectivity index is 1.92. The molecule has 20 heavy (non-hydrogen) atoms. The van der Waals surface area contributed by atoms with E-state index in [1.54, 1.807) is 0 Å². The van der Waals surface area contributed by atoms with Gasteiger partial charge in [0, 0.05) is 16.6 Å². The van der Waals surface area contributed by atoms with E-state index in [-0.39, 0.29) is 5.82 Å². The molecule has 0 saturated carbocycles. The fourth-order valence-electron chi connectivity index (χ4n) is 2.31. The Morgan fingerprint density at radius 1 is 1.00 bits per heavy atom. The van der Waals surface area contributed by atoms with Gasteiger partial charge in [0.15, 0.2) is 0 Å². The van der Waals surface area contributed by atoms with E-state index in [1.165, 1.54) is 17.7 Å². The summed E-state index contributed by atoms with van der Waals surface area (Å²) in [4.78, 5) is 0. The second kappa shape index (κ2) is 7.00. The summed E-state index contributed by atoms with van der Waals surface area (Å²) in [7, 11) is 0. The highest BCUT2D eigenvalue weighted by molar-refractivity contribution is 9.10. The minimum absolute atomic E-state index is 0.183. The van der Waals surface area contributed by atoms with E-state index < -0.39 is 0 Å². The third kappa shape index (κ3) is 4.43. The number of nitrogens with one attached hydrogen (secondary N) is 1. The molecule has 0 aromatic heterocycles. The van der Waals surface area contributed by atoms with Gasteiger partial charge in [0.25, 0.3) is 0 Å². The SMILES string of the molecule is CC(Cc1ccc(F)cc1)N[C@@H](C)c1ccc(Br)cc1. The molecule has 0 heterocycles. The van der Waals surface area contributed by atoms with Crippen LogP contribution in [0, 0.1) is 5.82 Å². The normalized spacial score (nSPS) is 14.0. The lowest BCUT2D eigenvalue weighted by atomic mass is 10.0. The van der Waals surface area contributed by atoms with Gasteiger partial charge in [-0.25, -0.2) is 4.39 Å². The van der Waals surface area contributed by atoms with Gasteiger partial charge in [-0.1, -0.05) is 40.2 Å². The van der Waals surface area contributed by atoms with Crippen molar-refractivity contribution in [3.8, 4) is 0 Å². The van der Waals surface area contributed by atoms with Gasteiger partial charge >= 0.3 is 0 Å². The van der Waals surface area contributed by atoms with Gasteiger partial charge in [-0.2, -0.15) is 0 Å². The second-order valence-corrected chi connectivity index (χ2v) is 6.09. The molecule has 0 fully saturated rings. The van der Waals surface area contributed by atoms with E-state index in [2.05, 4.69) is 59.4 Å². The van der Waals surface area contributed by atoms with Crippen LogP contribution in [0.5, 0.6) is 0 Å². The topological polar surface area (TPSA) is 12.0 Å². The van der Waals surface area contributed by atoms with Crippen LogP contribution < -0.4 is 5.32 Å². The fraction of sp³-hybridized carbons (Fsp3) is 0.294. The van der Waals surface area contributed by atoms with Gasteiger partial charge in [0.2, 0.25) is 0 Å². The molecule has 0 amide bonds. The van der Waals surface area contributed by atoms with Crippen molar-refractivity contribution in [1.29, 1.82) is 0 Å². The molecule has 3 heteroatoms. The highest BCUT2D eigenvalue weighted by Crippen LogP contribution is 2.17. The quantitative estimate of drug-likeness (QED) is 0.821. The van der Waals surface area contributed by atoms with Crippen LogP contribution in [0.1, 0.15) is 31.0 Å². The van der Waals surface area contributed by atoms with Crippen molar-refractivity contribution < 1.29 is 4.39 Å². The van der Waals surface area contributed by atoms with Crippen LogP contribution in [0.2, 0.25) is 0 Å². The van der Waals surface area contributed by atoms with E-state index in [0.29, 0.717) is 12.1 Å². The van der Waals surface area contributed by atoms with Gasteiger partial charge in [-0.3, -0.25) is 0 Å². The van der Waals surface area contributed by atoms with Gasteiger partial charge in [0.1, 0.15) is 5.82 Å². The summed E-state index contributed by atoms with van der Waals surface area (Å²) in [6.07, 6.45) is 0.890. The number of rotatable bonds is 5. The predicted octanol–water partition coefficient (Wildman–Crippen LogP) is 4.87. The van der Waals surface area contributed by atoms with Crippen molar-refractivity contribution in [2.24, 2.45) is 0 Å². The standard InChI is InChI=1S/C17H19BrFN/c1-12(11-14-3-9-17(19)10-4-14)20-13(2)15-5-7-16(18)8-6-15/h3-10,12-13,20H,11H2,1-2H3/t12?,13-/m0/s1. The van der Waals surface area contributed by atoms with E-state index >= 15 is 0 Å². The molecule has 0 radical (unpaired) electrons. The number of hydrogen-bond donors (Lipinski definition) is 1. The minimum Gasteiger partial charge on any atom is -0.307 e. The summed E-state index contributed by atoms with van der Waals surface area (Å²) in [6, 6.07) is 15.7. The Hall–Kier alpha value is -1.19. The van der Waals surface area contributed by atoms with Crippen LogP contribution in [-0.4, -0.2) is 6.04 Å². The van der Waals surface area contributed by atoms with Crippen LogP contribution in [0.25, 0.3) is 0 Å². The maximum absolute atomic E-state index is 12.9. The first-order valence-corrected chi connectivity index (χ1v) is 7.60. The summed E-state index contributed by atoms with van der Waals surface area (Å²) in [6.45, 7) is 4.31. The molecule has 1 N–H and O–H groups in total. The highest BCUT2D eigenvalue weighted by atomic mass is 79.9. The van der Waals surface area contributed by atoms with Crippen LogP contribution in [-0.2, 0) is 6.42 Å². The highest BCUT2D eigenvalue weighted by Gasteiger charge is 2.10. The van der Waals surface area contributed by atoms with E-state index in [0.717, 1.165) is 16.5 Å². The summed E-state index contributed by atoms with van der Waals surface area (Å²) < 4.78 is 14.0. The lowest BCUT2D eigenvalue weighted by Crippen LogP contribution is -2.30. The van der Waals surface area contributed by atoms with E-state index in [9.17, 15) is 4.39 Å². The molecule has 2 aromatic rings. The Morgan fingerprint density at radius 3 is 2.20 bits per heavy atom. The maximum Gasteiger partial charge on any atom is 0.123 e. The molecule has 0 aliphatic carbocycles. The first-order valence-electron chi connectivity index (χ1n) is 6.80. The zero-order chi connectivity index (χ0) is 14.5. The molecular weight excluding hydrogens is 317 g/mol. The zero-order valence-corrected chi connectivity index (χ0v) is 13.3. The molecule has 2 aromatic carbocycles.